The Labute approximate surface area is 209 Å². The number of hydrogen-bond donors (Lipinski definition) is 1. The summed E-state index contributed by atoms with van der Waals surface area (Å²) in [4.78, 5) is 17.7. The van der Waals surface area contributed by atoms with Gasteiger partial charge in [-0.2, -0.15) is 0 Å². The Morgan fingerprint density at radius 3 is 2.56 bits per heavy atom. The topological polar surface area (TPSA) is 71.5 Å². The predicted molar refractivity (Wildman–Crippen MR) is 130 cm³/mol. The van der Waals surface area contributed by atoms with Gasteiger partial charge in [-0.05, 0) is 42.5 Å². The van der Waals surface area contributed by atoms with Gasteiger partial charge in [0.15, 0.2) is 6.61 Å². The van der Waals surface area contributed by atoms with Crippen molar-refractivity contribution in [1.82, 2.24) is 9.80 Å². The Balaban J connectivity index is 1.13. The van der Waals surface area contributed by atoms with Crippen molar-refractivity contribution in [3.63, 3.8) is 0 Å². The van der Waals surface area contributed by atoms with E-state index in [1.165, 1.54) is 16.0 Å². The first-order chi connectivity index (χ1) is 16.6. The molecule has 1 amide bonds. The quantitative estimate of drug-likeness (QED) is 0.649. The van der Waals surface area contributed by atoms with E-state index in [-0.39, 0.29) is 24.7 Å². The zero-order valence-electron chi connectivity index (χ0n) is 19.3. The number of hydrogen-bond acceptors (Lipinski definition) is 7. The van der Waals surface area contributed by atoms with Crippen LogP contribution in [0.15, 0.2) is 24.3 Å². The maximum absolute atomic E-state index is 12.3. The number of thiophene rings is 1. The minimum Gasteiger partial charge on any atom is -0.484 e. The number of rotatable bonds is 6. The van der Waals surface area contributed by atoms with Crippen molar-refractivity contribution >= 4 is 28.8 Å². The molecule has 9 heteroatoms. The van der Waals surface area contributed by atoms with E-state index in [1.807, 2.05) is 12.1 Å². The third kappa shape index (κ3) is 4.98. The Bertz CT molecular complexity index is 997. The highest BCUT2D eigenvalue weighted by Gasteiger charge is 2.43. The summed E-state index contributed by atoms with van der Waals surface area (Å²) < 4.78 is 18.0. The van der Waals surface area contributed by atoms with Crippen molar-refractivity contribution in [1.29, 1.82) is 0 Å². The fraction of sp³-hybridized carbons (Fsp3) is 0.560. The van der Waals surface area contributed by atoms with Crippen molar-refractivity contribution in [2.24, 2.45) is 0 Å². The van der Waals surface area contributed by atoms with E-state index in [0.29, 0.717) is 43.0 Å². The second kappa shape index (κ2) is 10.5. The van der Waals surface area contributed by atoms with Crippen LogP contribution in [0.1, 0.15) is 34.4 Å². The second-order valence-electron chi connectivity index (χ2n) is 9.11. The normalized spacial score (nSPS) is 20.4. The molecule has 0 aliphatic carbocycles. The number of carbonyl (C=O) groups is 1. The summed E-state index contributed by atoms with van der Waals surface area (Å²) in [7, 11) is 0. The molecule has 4 heterocycles. The Kier molecular flexibility index (Phi) is 7.44. The lowest BCUT2D eigenvalue weighted by molar-refractivity contribution is -0.137. The van der Waals surface area contributed by atoms with Gasteiger partial charge in [0.05, 0.1) is 30.8 Å². The summed E-state index contributed by atoms with van der Waals surface area (Å²) in [6.45, 7) is 5.93. The molecule has 7 nitrogen and oxygen atoms in total. The maximum atomic E-state index is 12.3. The molecule has 1 N–H and O–H groups in total. The summed E-state index contributed by atoms with van der Waals surface area (Å²) in [6.07, 6.45) is 2.67. The van der Waals surface area contributed by atoms with Crippen LogP contribution < -0.4 is 4.74 Å². The van der Waals surface area contributed by atoms with E-state index in [0.717, 1.165) is 44.5 Å². The molecule has 2 saturated heterocycles. The second-order valence-corrected chi connectivity index (χ2v) is 10.7. The minimum absolute atomic E-state index is 0.000786. The van der Waals surface area contributed by atoms with Gasteiger partial charge in [-0.1, -0.05) is 23.7 Å². The van der Waals surface area contributed by atoms with E-state index < -0.39 is 0 Å². The number of nitrogens with zero attached hydrogens (tertiary/aromatic N) is 2. The molecule has 0 atom stereocenters. The number of piperidine rings is 1. The molecule has 184 valence electrons. The molecule has 0 unspecified atom stereocenters. The molecular formula is C25H31ClN2O5S. The lowest BCUT2D eigenvalue weighted by Gasteiger charge is -2.44. The Morgan fingerprint density at radius 2 is 1.85 bits per heavy atom. The summed E-state index contributed by atoms with van der Waals surface area (Å²) >= 11 is 8.01. The molecule has 2 fully saturated rings. The lowest BCUT2D eigenvalue weighted by Crippen LogP contribution is -2.45. The van der Waals surface area contributed by atoms with Crippen LogP contribution in [-0.4, -0.2) is 73.4 Å². The molecule has 3 aliphatic heterocycles. The number of benzene rings is 1. The number of ether oxygens (including phenoxy) is 3. The summed E-state index contributed by atoms with van der Waals surface area (Å²) in [6, 6.07) is 8.02. The predicted octanol–water partition coefficient (Wildman–Crippen LogP) is 3.20. The van der Waals surface area contributed by atoms with Crippen LogP contribution in [0.25, 0.3) is 0 Å². The Hall–Kier alpha value is -1.68. The van der Waals surface area contributed by atoms with Crippen LogP contribution in [0.3, 0.4) is 0 Å². The lowest BCUT2D eigenvalue weighted by atomic mass is 9.84. The SMILES string of the molecule is O=C(COc1ccc(CN2CCC3(CC2)OCCc2c3sc(Cl)c2CO)cc1)N1CCOCC1. The number of carbonyl (C=O) groups excluding carboxylic acids is 1. The largest absolute Gasteiger partial charge is 0.484 e. The smallest absolute Gasteiger partial charge is 0.260 e. The van der Waals surface area contributed by atoms with Gasteiger partial charge in [-0.25, -0.2) is 0 Å². The molecule has 3 aliphatic rings. The third-order valence-corrected chi connectivity index (χ3v) is 8.80. The molecule has 1 aromatic carbocycles. The molecule has 0 radical (unpaired) electrons. The highest BCUT2D eigenvalue weighted by molar-refractivity contribution is 7.16. The zero-order valence-corrected chi connectivity index (χ0v) is 20.8. The van der Waals surface area contributed by atoms with Gasteiger partial charge in [0.25, 0.3) is 5.91 Å². The van der Waals surface area contributed by atoms with E-state index >= 15 is 0 Å². The molecule has 34 heavy (non-hydrogen) atoms. The number of morpholine rings is 1. The van der Waals surface area contributed by atoms with Gasteiger partial charge in [0.2, 0.25) is 0 Å². The number of aliphatic hydroxyl groups is 1. The Morgan fingerprint density at radius 1 is 1.12 bits per heavy atom. The van der Waals surface area contributed by atoms with E-state index in [2.05, 4.69) is 17.0 Å². The molecule has 0 saturated carbocycles. The molecule has 2 aromatic rings. The van der Waals surface area contributed by atoms with Crippen LogP contribution in [0.4, 0.5) is 0 Å². The van der Waals surface area contributed by atoms with Crippen molar-refractivity contribution in [2.75, 3.05) is 52.6 Å². The molecule has 1 aromatic heterocycles. The van der Waals surface area contributed by atoms with Crippen LogP contribution in [0.5, 0.6) is 5.75 Å². The van der Waals surface area contributed by atoms with Gasteiger partial charge in [-0.15, -0.1) is 11.3 Å². The van der Waals surface area contributed by atoms with Crippen molar-refractivity contribution in [3.8, 4) is 5.75 Å². The summed E-state index contributed by atoms with van der Waals surface area (Å²) in [5.74, 6) is 0.709. The van der Waals surface area contributed by atoms with Gasteiger partial charge in [0.1, 0.15) is 11.4 Å². The number of likely N-dealkylation sites (tertiary alicyclic amines) is 1. The fourth-order valence-corrected chi connectivity index (χ4v) is 6.81. The number of amides is 1. The van der Waals surface area contributed by atoms with Crippen molar-refractivity contribution in [3.05, 3.63) is 50.2 Å². The van der Waals surface area contributed by atoms with Gasteiger partial charge in [-0.3, -0.25) is 9.69 Å². The van der Waals surface area contributed by atoms with E-state index in [1.54, 1.807) is 16.2 Å². The van der Waals surface area contributed by atoms with Gasteiger partial charge in [0, 0.05) is 43.2 Å². The highest BCUT2D eigenvalue weighted by Crippen LogP contribution is 2.48. The highest BCUT2D eigenvalue weighted by atomic mass is 35.5. The van der Waals surface area contributed by atoms with Crippen LogP contribution in [0.2, 0.25) is 4.34 Å². The minimum atomic E-state index is -0.267. The molecule has 5 rings (SSSR count). The summed E-state index contributed by atoms with van der Waals surface area (Å²) in [5.41, 5.74) is 3.05. The van der Waals surface area contributed by atoms with Crippen molar-refractivity contribution in [2.45, 2.75) is 38.0 Å². The maximum Gasteiger partial charge on any atom is 0.260 e. The van der Waals surface area contributed by atoms with E-state index in [9.17, 15) is 9.90 Å². The zero-order chi connectivity index (χ0) is 23.5. The average Bonchev–Trinajstić information content (AvgIpc) is 3.22. The first-order valence-electron chi connectivity index (χ1n) is 11.9. The first kappa shape index (κ1) is 24.0. The van der Waals surface area contributed by atoms with Crippen LogP contribution in [-0.2, 0) is 39.4 Å². The number of halogens is 1. The standard InChI is InChI=1S/C25H31ClN2O5S/c26-24-21(16-29)20-5-12-33-25(23(20)34-24)6-8-27(9-7-25)15-18-1-3-19(4-2-18)32-17-22(30)28-10-13-31-14-11-28/h1-4,29H,5-17H2. The van der Waals surface area contributed by atoms with Crippen molar-refractivity contribution < 1.29 is 24.1 Å². The third-order valence-electron chi connectivity index (χ3n) is 7.09. The molecular weight excluding hydrogens is 476 g/mol. The van der Waals surface area contributed by atoms with Crippen LogP contribution in [0, 0.1) is 0 Å². The van der Waals surface area contributed by atoms with Gasteiger partial charge < -0.3 is 24.2 Å². The molecule has 0 bridgehead atoms. The first-order valence-corrected chi connectivity index (χ1v) is 13.1. The van der Waals surface area contributed by atoms with Gasteiger partial charge >= 0.3 is 0 Å². The average molecular weight is 507 g/mol. The van der Waals surface area contributed by atoms with Crippen LogP contribution >= 0.6 is 22.9 Å². The summed E-state index contributed by atoms with van der Waals surface area (Å²) in [5, 5.41) is 9.74. The fourth-order valence-electron chi connectivity index (χ4n) is 5.11. The number of fused-ring (bicyclic) bond motifs is 2. The van der Waals surface area contributed by atoms with E-state index in [4.69, 9.17) is 25.8 Å². The monoisotopic (exact) mass is 506 g/mol. The molecule has 1 spiro atoms. The number of aliphatic hydroxyl groups excluding tert-OH is 1.